The van der Waals surface area contributed by atoms with Crippen LogP contribution in [0, 0.1) is 9.39 Å². The first-order valence-corrected chi connectivity index (χ1v) is 7.42. The van der Waals surface area contributed by atoms with Crippen LogP contribution < -0.4 is 9.44 Å². The van der Waals surface area contributed by atoms with Crippen molar-refractivity contribution < 1.29 is 12.8 Å². The Kier molecular flexibility index (Phi) is 4.37. The molecule has 0 aliphatic carbocycles. The molecule has 1 aromatic carbocycles. The molecule has 0 atom stereocenters. The summed E-state index contributed by atoms with van der Waals surface area (Å²) in [6, 6.07) is 3.85. The van der Waals surface area contributed by atoms with Gasteiger partial charge >= 0.3 is 0 Å². The van der Waals surface area contributed by atoms with Crippen molar-refractivity contribution in [3.8, 4) is 0 Å². The van der Waals surface area contributed by atoms with Gasteiger partial charge in [0.25, 0.3) is 10.2 Å². The van der Waals surface area contributed by atoms with Crippen LogP contribution in [0.25, 0.3) is 0 Å². The van der Waals surface area contributed by atoms with Crippen molar-refractivity contribution in [2.45, 2.75) is 26.3 Å². The van der Waals surface area contributed by atoms with Crippen LogP contribution in [0.3, 0.4) is 0 Å². The smallest absolute Gasteiger partial charge is 0.270 e. The van der Waals surface area contributed by atoms with Gasteiger partial charge in [-0.1, -0.05) is 0 Å². The van der Waals surface area contributed by atoms with Crippen LogP contribution in [-0.4, -0.2) is 14.0 Å². The zero-order valence-corrected chi connectivity index (χ0v) is 12.7. The van der Waals surface area contributed by atoms with E-state index in [0.29, 0.717) is 9.26 Å². The minimum atomic E-state index is -3.65. The minimum Gasteiger partial charge on any atom is -0.270 e. The summed E-state index contributed by atoms with van der Waals surface area (Å²) >= 11 is 1.87. The SMILES string of the molecule is CC(C)(C)NS(=O)(=O)Nc1ccc(F)cc1I. The minimum absolute atomic E-state index is 0.351. The molecule has 0 spiro atoms. The van der Waals surface area contributed by atoms with E-state index in [0.717, 1.165) is 0 Å². The Labute approximate surface area is 114 Å². The van der Waals surface area contributed by atoms with Crippen LogP contribution in [0.1, 0.15) is 20.8 Å². The molecule has 96 valence electrons. The lowest BCUT2D eigenvalue weighted by atomic mass is 10.1. The van der Waals surface area contributed by atoms with E-state index < -0.39 is 21.6 Å². The highest BCUT2D eigenvalue weighted by Crippen LogP contribution is 2.20. The van der Waals surface area contributed by atoms with Gasteiger partial charge in [-0.05, 0) is 61.6 Å². The van der Waals surface area contributed by atoms with Crippen molar-refractivity contribution in [2.24, 2.45) is 0 Å². The zero-order valence-electron chi connectivity index (χ0n) is 9.71. The van der Waals surface area contributed by atoms with E-state index in [-0.39, 0.29) is 0 Å². The first-order chi connectivity index (χ1) is 7.59. The van der Waals surface area contributed by atoms with E-state index in [4.69, 9.17) is 0 Å². The average Bonchev–Trinajstić information content (AvgIpc) is 2.05. The second kappa shape index (κ2) is 5.07. The Hall–Kier alpha value is -0.410. The average molecular weight is 372 g/mol. The molecule has 0 fully saturated rings. The summed E-state index contributed by atoms with van der Waals surface area (Å²) in [4.78, 5) is 0. The Morgan fingerprint density at radius 2 is 1.88 bits per heavy atom. The molecule has 4 nitrogen and oxygen atoms in total. The molecule has 0 saturated carbocycles. The first kappa shape index (κ1) is 14.7. The predicted octanol–water partition coefficient (Wildman–Crippen LogP) is 2.48. The highest BCUT2D eigenvalue weighted by molar-refractivity contribution is 14.1. The van der Waals surface area contributed by atoms with E-state index in [1.807, 2.05) is 22.6 Å². The van der Waals surface area contributed by atoms with Gasteiger partial charge in [0.15, 0.2) is 0 Å². The molecule has 0 aromatic heterocycles. The molecule has 1 rings (SSSR count). The molecule has 0 aliphatic rings. The molecule has 2 N–H and O–H groups in total. The normalized spacial score (nSPS) is 12.5. The number of rotatable bonds is 3. The Bertz CT molecular complexity index is 512. The van der Waals surface area contributed by atoms with E-state index in [9.17, 15) is 12.8 Å². The van der Waals surface area contributed by atoms with Crippen molar-refractivity contribution >= 4 is 38.5 Å². The molecule has 17 heavy (non-hydrogen) atoms. The van der Waals surface area contributed by atoms with Gasteiger partial charge in [-0.3, -0.25) is 4.72 Å². The van der Waals surface area contributed by atoms with Crippen LogP contribution in [0.4, 0.5) is 10.1 Å². The quantitative estimate of drug-likeness (QED) is 0.801. The molecular weight excluding hydrogens is 358 g/mol. The number of benzene rings is 1. The molecule has 0 heterocycles. The van der Waals surface area contributed by atoms with Gasteiger partial charge in [0.1, 0.15) is 5.82 Å². The standard InChI is InChI=1S/C10H14FIN2O2S/c1-10(2,3)14-17(15,16)13-9-5-4-7(11)6-8(9)12/h4-6,13-14H,1-3H3. The van der Waals surface area contributed by atoms with Gasteiger partial charge in [0.05, 0.1) is 5.69 Å². The molecule has 0 amide bonds. The fourth-order valence-electron chi connectivity index (χ4n) is 1.15. The van der Waals surface area contributed by atoms with Crippen LogP contribution in [0.2, 0.25) is 0 Å². The van der Waals surface area contributed by atoms with E-state index >= 15 is 0 Å². The van der Waals surface area contributed by atoms with Crippen molar-refractivity contribution in [3.05, 3.63) is 27.6 Å². The monoisotopic (exact) mass is 372 g/mol. The number of hydrogen-bond donors (Lipinski definition) is 2. The van der Waals surface area contributed by atoms with Crippen LogP contribution in [0.15, 0.2) is 18.2 Å². The molecule has 0 saturated heterocycles. The number of anilines is 1. The Balaban J connectivity index is 2.91. The molecular formula is C10H14FIN2O2S. The summed E-state index contributed by atoms with van der Waals surface area (Å²) in [5.74, 6) is -0.402. The third-order valence-electron chi connectivity index (χ3n) is 1.62. The zero-order chi connectivity index (χ0) is 13.3. The van der Waals surface area contributed by atoms with Crippen LogP contribution in [0.5, 0.6) is 0 Å². The molecule has 0 radical (unpaired) electrons. The van der Waals surface area contributed by atoms with Gasteiger partial charge in [-0.15, -0.1) is 0 Å². The highest BCUT2D eigenvalue weighted by Gasteiger charge is 2.20. The van der Waals surface area contributed by atoms with Crippen molar-refractivity contribution in [1.82, 2.24) is 4.72 Å². The topological polar surface area (TPSA) is 58.2 Å². The summed E-state index contributed by atoms with van der Waals surface area (Å²) in [6.07, 6.45) is 0. The molecule has 0 aliphatic heterocycles. The largest absolute Gasteiger partial charge is 0.299 e. The molecule has 0 unspecified atom stereocenters. The summed E-state index contributed by atoms with van der Waals surface area (Å²) in [5, 5.41) is 0. The highest BCUT2D eigenvalue weighted by atomic mass is 127. The maximum absolute atomic E-state index is 12.9. The summed E-state index contributed by atoms with van der Waals surface area (Å²) in [5.41, 5.74) is -0.221. The molecule has 1 aromatic rings. The van der Waals surface area contributed by atoms with E-state index in [1.54, 1.807) is 20.8 Å². The maximum Gasteiger partial charge on any atom is 0.299 e. The molecule has 0 bridgehead atoms. The third kappa shape index (κ3) is 5.17. The fourth-order valence-corrected chi connectivity index (χ4v) is 3.27. The lowest BCUT2D eigenvalue weighted by Crippen LogP contribution is -2.43. The molecule has 7 heteroatoms. The number of hydrogen-bond acceptors (Lipinski definition) is 2. The van der Waals surface area contributed by atoms with Crippen molar-refractivity contribution in [3.63, 3.8) is 0 Å². The third-order valence-corrected chi connectivity index (χ3v) is 3.88. The van der Waals surface area contributed by atoms with Gasteiger partial charge < -0.3 is 0 Å². The Morgan fingerprint density at radius 1 is 1.29 bits per heavy atom. The number of nitrogens with one attached hydrogen (secondary N) is 2. The maximum atomic E-state index is 12.9. The van der Waals surface area contributed by atoms with E-state index in [2.05, 4.69) is 9.44 Å². The lowest BCUT2D eigenvalue weighted by Gasteiger charge is -2.21. The second-order valence-electron chi connectivity index (χ2n) is 4.58. The Morgan fingerprint density at radius 3 is 2.35 bits per heavy atom. The van der Waals surface area contributed by atoms with Crippen LogP contribution >= 0.6 is 22.6 Å². The lowest BCUT2D eigenvalue weighted by molar-refractivity contribution is 0.494. The number of halogens is 2. The predicted molar refractivity (Wildman–Crippen MR) is 74.5 cm³/mol. The summed E-state index contributed by atoms with van der Waals surface area (Å²) in [7, 11) is -3.65. The van der Waals surface area contributed by atoms with Crippen LogP contribution in [-0.2, 0) is 10.2 Å². The summed E-state index contributed by atoms with van der Waals surface area (Å²) < 4.78 is 41.6. The van der Waals surface area contributed by atoms with Gasteiger partial charge in [0.2, 0.25) is 0 Å². The van der Waals surface area contributed by atoms with Gasteiger partial charge in [-0.2, -0.15) is 13.1 Å². The van der Waals surface area contributed by atoms with E-state index in [1.165, 1.54) is 18.2 Å². The van der Waals surface area contributed by atoms with Crippen molar-refractivity contribution in [2.75, 3.05) is 4.72 Å². The van der Waals surface area contributed by atoms with Gasteiger partial charge in [-0.25, -0.2) is 4.39 Å². The summed E-state index contributed by atoms with van der Waals surface area (Å²) in [6.45, 7) is 5.21. The fraction of sp³-hybridized carbons (Fsp3) is 0.400. The first-order valence-electron chi connectivity index (χ1n) is 4.86. The second-order valence-corrected chi connectivity index (χ2v) is 7.16. The van der Waals surface area contributed by atoms with Gasteiger partial charge in [0, 0.05) is 9.11 Å². The van der Waals surface area contributed by atoms with Crippen molar-refractivity contribution in [1.29, 1.82) is 0 Å².